The highest BCUT2D eigenvalue weighted by atomic mass is 19.1. The second-order valence-electron chi connectivity index (χ2n) is 1.27. The normalized spacial score (nSPS) is 7.40. The van der Waals surface area contributed by atoms with Gasteiger partial charge in [-0.05, 0) is 6.92 Å². The Morgan fingerprint density at radius 1 is 1.60 bits per heavy atom. The highest BCUT2D eigenvalue weighted by Gasteiger charge is 2.05. The predicted octanol–water partition coefficient (Wildman–Crippen LogP) is 0.0490. The first kappa shape index (κ1) is 8.63. The minimum atomic E-state index is -1.31. The molecule has 10 heavy (non-hydrogen) atoms. The largest absolute Gasteiger partial charge is 0.392 e. The Hall–Kier alpha value is -1.37. The maximum Gasteiger partial charge on any atom is 0.392 e. The van der Waals surface area contributed by atoms with Gasteiger partial charge in [-0.3, -0.25) is 0 Å². The van der Waals surface area contributed by atoms with E-state index in [0.717, 1.165) is 0 Å². The van der Waals surface area contributed by atoms with Gasteiger partial charge in [0.25, 0.3) is 0 Å². The van der Waals surface area contributed by atoms with E-state index in [9.17, 15) is 14.0 Å². The van der Waals surface area contributed by atoms with Gasteiger partial charge in [0.1, 0.15) is 0 Å². The summed E-state index contributed by atoms with van der Waals surface area (Å²) in [4.78, 5) is 20.2. The SMILES string of the molecule is CC#CC(=O)OC(=O)CF. The van der Waals surface area contributed by atoms with Crippen molar-refractivity contribution in [1.29, 1.82) is 0 Å². The van der Waals surface area contributed by atoms with E-state index in [1.807, 2.05) is 5.92 Å². The fourth-order valence-corrected chi connectivity index (χ4v) is 0.258. The Kier molecular flexibility index (Phi) is 3.89. The smallest absolute Gasteiger partial charge is 0.381 e. The molecular weight excluding hydrogens is 139 g/mol. The monoisotopic (exact) mass is 144 g/mol. The Morgan fingerprint density at radius 2 is 2.20 bits per heavy atom. The molecule has 0 radical (unpaired) electrons. The number of ether oxygens (including phenoxy) is 1. The van der Waals surface area contributed by atoms with Crippen molar-refractivity contribution in [3.05, 3.63) is 0 Å². The number of carbonyl (C=O) groups is 2. The predicted molar refractivity (Wildman–Crippen MR) is 30.5 cm³/mol. The summed E-state index contributed by atoms with van der Waals surface area (Å²) in [5.74, 6) is 1.87. The fourth-order valence-electron chi connectivity index (χ4n) is 0.258. The molecule has 0 spiro atoms. The van der Waals surface area contributed by atoms with Gasteiger partial charge in [0.2, 0.25) is 0 Å². The minimum Gasteiger partial charge on any atom is -0.381 e. The third-order valence-electron chi connectivity index (χ3n) is 0.543. The number of alkyl halides is 1. The van der Waals surface area contributed by atoms with Gasteiger partial charge in [0, 0.05) is 5.92 Å². The molecule has 0 aliphatic rings. The van der Waals surface area contributed by atoms with E-state index >= 15 is 0 Å². The van der Waals surface area contributed by atoms with Gasteiger partial charge in [-0.25, -0.2) is 14.0 Å². The summed E-state index contributed by atoms with van der Waals surface area (Å²) in [6, 6.07) is 0. The van der Waals surface area contributed by atoms with Gasteiger partial charge in [0.05, 0.1) is 0 Å². The molecule has 3 nitrogen and oxygen atoms in total. The second-order valence-corrected chi connectivity index (χ2v) is 1.27. The van der Waals surface area contributed by atoms with Crippen molar-refractivity contribution in [3.8, 4) is 11.8 Å². The minimum absolute atomic E-state index is 1.02. The molecular formula is C6H5FO3. The second kappa shape index (κ2) is 4.50. The Morgan fingerprint density at radius 3 is 2.60 bits per heavy atom. The van der Waals surface area contributed by atoms with Crippen LogP contribution in [0.25, 0.3) is 0 Å². The van der Waals surface area contributed by atoms with E-state index in [1.54, 1.807) is 0 Å². The first-order valence-electron chi connectivity index (χ1n) is 2.44. The molecule has 0 aliphatic carbocycles. The van der Waals surface area contributed by atoms with E-state index in [-0.39, 0.29) is 0 Å². The number of rotatable bonds is 1. The zero-order valence-electron chi connectivity index (χ0n) is 5.31. The van der Waals surface area contributed by atoms with Crippen LogP contribution in [-0.2, 0) is 14.3 Å². The van der Waals surface area contributed by atoms with Gasteiger partial charge >= 0.3 is 11.9 Å². The molecule has 0 atom stereocenters. The van der Waals surface area contributed by atoms with Gasteiger partial charge in [-0.2, -0.15) is 0 Å². The van der Waals surface area contributed by atoms with Crippen LogP contribution in [0.5, 0.6) is 0 Å². The Balaban J connectivity index is 3.76. The van der Waals surface area contributed by atoms with E-state index in [2.05, 4.69) is 10.7 Å². The molecule has 0 unspecified atom stereocenters. The molecule has 0 aliphatic heterocycles. The number of hydrogen-bond donors (Lipinski definition) is 0. The van der Waals surface area contributed by atoms with E-state index in [4.69, 9.17) is 0 Å². The molecule has 0 rings (SSSR count). The Bertz CT molecular complexity index is 199. The van der Waals surface area contributed by atoms with Crippen molar-refractivity contribution >= 4 is 11.9 Å². The van der Waals surface area contributed by atoms with Crippen LogP contribution in [0.15, 0.2) is 0 Å². The van der Waals surface area contributed by atoms with Gasteiger partial charge in [-0.15, -0.1) is 0 Å². The van der Waals surface area contributed by atoms with E-state index < -0.39 is 18.6 Å². The molecule has 0 N–H and O–H groups in total. The van der Waals surface area contributed by atoms with Gasteiger partial charge < -0.3 is 4.74 Å². The average molecular weight is 144 g/mol. The standard InChI is InChI=1S/C6H5FO3/c1-2-3-5(8)10-6(9)4-7/h4H2,1H3. The number of hydrogen-bond acceptors (Lipinski definition) is 3. The molecule has 0 amide bonds. The summed E-state index contributed by atoms with van der Waals surface area (Å²) in [5, 5.41) is 0. The van der Waals surface area contributed by atoms with Crippen LogP contribution in [-0.4, -0.2) is 18.6 Å². The number of halogens is 1. The average Bonchev–Trinajstić information content (AvgIpc) is 1.88. The first-order chi connectivity index (χ1) is 4.70. The van der Waals surface area contributed by atoms with Crippen LogP contribution >= 0.6 is 0 Å². The van der Waals surface area contributed by atoms with Crippen LogP contribution in [0.4, 0.5) is 4.39 Å². The summed E-state index contributed by atoms with van der Waals surface area (Å²) in [6.45, 7) is 0.0956. The molecule has 0 heterocycles. The lowest BCUT2D eigenvalue weighted by molar-refractivity contribution is -0.156. The third kappa shape index (κ3) is 3.61. The van der Waals surface area contributed by atoms with Crippen molar-refractivity contribution in [1.82, 2.24) is 0 Å². The summed E-state index contributed by atoms with van der Waals surface area (Å²) < 4.78 is 15.1. The maximum atomic E-state index is 11.3. The van der Waals surface area contributed by atoms with Gasteiger partial charge in [-0.1, -0.05) is 5.92 Å². The molecule has 0 saturated heterocycles. The maximum absolute atomic E-state index is 11.3. The number of esters is 2. The lowest BCUT2D eigenvalue weighted by Crippen LogP contribution is -2.11. The van der Waals surface area contributed by atoms with Gasteiger partial charge in [0.15, 0.2) is 6.67 Å². The molecule has 0 aromatic heterocycles. The highest BCUT2D eigenvalue weighted by molar-refractivity contribution is 5.96. The van der Waals surface area contributed by atoms with Crippen LogP contribution in [0.1, 0.15) is 6.92 Å². The number of carbonyl (C=O) groups excluding carboxylic acids is 2. The quantitative estimate of drug-likeness (QED) is 0.226. The topological polar surface area (TPSA) is 43.4 Å². The lowest BCUT2D eigenvalue weighted by atomic mass is 10.6. The van der Waals surface area contributed by atoms with Crippen molar-refractivity contribution in [3.63, 3.8) is 0 Å². The molecule has 4 heteroatoms. The molecule has 0 bridgehead atoms. The zero-order chi connectivity index (χ0) is 7.98. The summed E-state index contributed by atoms with van der Waals surface area (Å²) in [6.07, 6.45) is 0. The Labute approximate surface area is 57.2 Å². The molecule has 54 valence electrons. The lowest BCUT2D eigenvalue weighted by Gasteiger charge is -1.90. The molecule has 0 aromatic rings. The highest BCUT2D eigenvalue weighted by Crippen LogP contribution is 1.79. The summed E-state index contributed by atoms with van der Waals surface area (Å²) in [5.41, 5.74) is 0. The fraction of sp³-hybridized carbons (Fsp3) is 0.333. The summed E-state index contributed by atoms with van der Waals surface area (Å²) in [7, 11) is 0. The molecule has 0 aromatic carbocycles. The first-order valence-corrected chi connectivity index (χ1v) is 2.44. The van der Waals surface area contributed by atoms with Crippen molar-refractivity contribution in [2.75, 3.05) is 6.67 Å². The summed E-state index contributed by atoms with van der Waals surface area (Å²) >= 11 is 0. The molecule has 0 saturated carbocycles. The van der Waals surface area contributed by atoms with E-state index in [1.165, 1.54) is 6.92 Å². The third-order valence-corrected chi connectivity index (χ3v) is 0.543. The zero-order valence-corrected chi connectivity index (χ0v) is 5.31. The van der Waals surface area contributed by atoms with Crippen molar-refractivity contribution in [2.45, 2.75) is 6.92 Å². The van der Waals surface area contributed by atoms with Crippen LogP contribution in [0.2, 0.25) is 0 Å². The van der Waals surface area contributed by atoms with Crippen LogP contribution in [0.3, 0.4) is 0 Å². The van der Waals surface area contributed by atoms with Crippen molar-refractivity contribution < 1.29 is 18.7 Å². The van der Waals surface area contributed by atoms with E-state index in [0.29, 0.717) is 0 Å². The van der Waals surface area contributed by atoms with Crippen LogP contribution in [0, 0.1) is 11.8 Å². The van der Waals surface area contributed by atoms with Crippen LogP contribution < -0.4 is 0 Å². The van der Waals surface area contributed by atoms with Crippen molar-refractivity contribution in [2.24, 2.45) is 0 Å². The molecule has 0 fully saturated rings.